The Labute approximate surface area is 215 Å². The molecule has 6 nitrogen and oxygen atoms in total. The van der Waals surface area contributed by atoms with Crippen molar-refractivity contribution in [2.75, 3.05) is 32.5 Å². The van der Waals surface area contributed by atoms with E-state index < -0.39 is 18.0 Å². The first kappa shape index (κ1) is 25.8. The average molecular weight is 515 g/mol. The topological polar surface area (TPSA) is 82.9 Å². The third-order valence-electron chi connectivity index (χ3n) is 6.78. The largest absolute Gasteiger partial charge is 0.497 e. The number of aliphatic carboxylic acids is 1. The van der Waals surface area contributed by atoms with E-state index in [4.69, 9.17) is 16.3 Å². The molecule has 0 spiro atoms. The molecule has 3 aromatic rings. The van der Waals surface area contributed by atoms with Crippen LogP contribution in [0, 0.1) is 11.8 Å². The van der Waals surface area contributed by atoms with Crippen LogP contribution >= 0.6 is 23.4 Å². The summed E-state index contributed by atoms with van der Waals surface area (Å²) in [5, 5.41) is 22.5. The Morgan fingerprint density at radius 2 is 2.14 bits per heavy atom. The van der Waals surface area contributed by atoms with Gasteiger partial charge in [-0.1, -0.05) is 17.7 Å². The molecule has 8 heteroatoms. The molecule has 1 saturated heterocycles. The number of aromatic nitrogens is 1. The maximum absolute atomic E-state index is 12.1. The number of fused-ring (bicyclic) bond motifs is 1. The average Bonchev–Trinajstić information content (AvgIpc) is 2.87. The molecule has 1 aliphatic heterocycles. The summed E-state index contributed by atoms with van der Waals surface area (Å²) < 4.78 is 5.33. The van der Waals surface area contributed by atoms with Crippen LogP contribution in [0.2, 0.25) is 5.02 Å². The van der Waals surface area contributed by atoms with Crippen molar-refractivity contribution in [2.24, 2.45) is 11.8 Å². The quantitative estimate of drug-likeness (QED) is 0.344. The minimum atomic E-state index is -0.754. The third kappa shape index (κ3) is 6.67. The number of methoxy groups -OCH3 is 1. The lowest BCUT2D eigenvalue weighted by Crippen LogP contribution is -2.44. The van der Waals surface area contributed by atoms with Crippen LogP contribution < -0.4 is 4.74 Å². The molecule has 186 valence electrons. The van der Waals surface area contributed by atoms with Gasteiger partial charge in [0.25, 0.3) is 0 Å². The lowest BCUT2D eigenvalue weighted by molar-refractivity contribution is -0.146. The van der Waals surface area contributed by atoms with Crippen molar-refractivity contribution in [2.45, 2.75) is 30.3 Å². The maximum Gasteiger partial charge on any atom is 0.308 e. The van der Waals surface area contributed by atoms with Crippen molar-refractivity contribution < 1.29 is 19.7 Å². The van der Waals surface area contributed by atoms with E-state index in [1.54, 1.807) is 25.1 Å². The van der Waals surface area contributed by atoms with Gasteiger partial charge in [0, 0.05) is 40.3 Å². The number of hydrogen-bond acceptors (Lipinski definition) is 6. The van der Waals surface area contributed by atoms with Crippen LogP contribution in [-0.2, 0) is 4.79 Å². The van der Waals surface area contributed by atoms with Gasteiger partial charge in [-0.25, -0.2) is 0 Å². The first-order valence-corrected chi connectivity index (χ1v) is 13.2. The number of pyridine rings is 1. The highest BCUT2D eigenvalue weighted by molar-refractivity contribution is 7.99. The molecule has 1 aromatic heterocycles. The van der Waals surface area contributed by atoms with Crippen LogP contribution in [0.4, 0.5) is 0 Å². The molecule has 4 rings (SSSR count). The van der Waals surface area contributed by atoms with E-state index in [9.17, 15) is 15.0 Å². The minimum absolute atomic E-state index is 0.0432. The molecule has 0 aliphatic carbocycles. The van der Waals surface area contributed by atoms with E-state index in [2.05, 4.69) is 9.88 Å². The van der Waals surface area contributed by atoms with Crippen molar-refractivity contribution in [1.29, 1.82) is 0 Å². The molecule has 0 radical (unpaired) electrons. The molecule has 2 aromatic carbocycles. The number of rotatable bonds is 10. The van der Waals surface area contributed by atoms with Gasteiger partial charge in [-0.2, -0.15) is 0 Å². The van der Waals surface area contributed by atoms with Crippen LogP contribution in [0.15, 0.2) is 59.6 Å². The first-order valence-electron chi connectivity index (χ1n) is 11.9. The van der Waals surface area contributed by atoms with E-state index in [1.165, 1.54) is 0 Å². The molecule has 1 fully saturated rings. The Morgan fingerprint density at radius 1 is 1.29 bits per heavy atom. The molecule has 0 amide bonds. The van der Waals surface area contributed by atoms with E-state index in [1.807, 2.05) is 48.5 Å². The van der Waals surface area contributed by atoms with Crippen LogP contribution in [-0.4, -0.2) is 58.6 Å². The zero-order valence-corrected chi connectivity index (χ0v) is 21.3. The molecular formula is C27H31ClN2O4S. The predicted octanol–water partition coefficient (Wildman–Crippen LogP) is 5.53. The van der Waals surface area contributed by atoms with Gasteiger partial charge in [0.2, 0.25) is 0 Å². The molecule has 0 saturated carbocycles. The fraction of sp³-hybridized carbons (Fsp3) is 0.407. The second-order valence-electron chi connectivity index (χ2n) is 8.98. The zero-order chi connectivity index (χ0) is 24.8. The number of piperidine rings is 1. The summed E-state index contributed by atoms with van der Waals surface area (Å²) in [4.78, 5) is 19.8. The number of likely N-dealkylation sites (tertiary alicyclic amines) is 1. The normalized spacial score (nSPS) is 19.5. The lowest BCUT2D eigenvalue weighted by Gasteiger charge is -2.37. The second kappa shape index (κ2) is 12.1. The van der Waals surface area contributed by atoms with Gasteiger partial charge < -0.3 is 19.8 Å². The smallest absolute Gasteiger partial charge is 0.308 e. The molecule has 2 heterocycles. The molecule has 35 heavy (non-hydrogen) atoms. The molecule has 2 N–H and O–H groups in total. The van der Waals surface area contributed by atoms with Crippen molar-refractivity contribution >= 4 is 40.2 Å². The van der Waals surface area contributed by atoms with Gasteiger partial charge >= 0.3 is 5.97 Å². The van der Waals surface area contributed by atoms with Crippen molar-refractivity contribution in [3.8, 4) is 5.75 Å². The standard InChI is InChI=1S/C27H31ClN2O4S/c1-34-20-6-7-25-23(16-20)22(9-11-29-25)26(31)8-5-18-10-12-30(17-24(18)27(32)33)13-14-35-21-4-2-3-19(28)15-21/h2-4,6-7,9,11,15-16,18,24,26,31H,5,8,10,12-14,17H2,1H3,(H,32,33)/t18-,24+,26?/m1/s1. The Hall–Kier alpha value is -2.32. The third-order valence-corrected chi connectivity index (χ3v) is 7.99. The van der Waals surface area contributed by atoms with Gasteiger partial charge in [0.1, 0.15) is 5.75 Å². The summed E-state index contributed by atoms with van der Waals surface area (Å²) in [6, 6.07) is 15.2. The summed E-state index contributed by atoms with van der Waals surface area (Å²) >= 11 is 7.79. The zero-order valence-electron chi connectivity index (χ0n) is 19.8. The fourth-order valence-electron chi connectivity index (χ4n) is 4.84. The highest BCUT2D eigenvalue weighted by Gasteiger charge is 2.34. The number of thioether (sulfide) groups is 1. The van der Waals surface area contributed by atoms with Crippen molar-refractivity contribution in [3.63, 3.8) is 0 Å². The Bertz CT molecular complexity index is 1160. The predicted molar refractivity (Wildman–Crippen MR) is 140 cm³/mol. The van der Waals surface area contributed by atoms with Gasteiger partial charge in [-0.05, 0) is 79.8 Å². The molecule has 3 atom stereocenters. The maximum atomic E-state index is 12.1. The van der Waals surface area contributed by atoms with E-state index in [0.29, 0.717) is 25.1 Å². The first-order chi connectivity index (χ1) is 16.9. The molecule has 0 bridgehead atoms. The SMILES string of the molecule is COc1ccc2nccc(C(O)CC[C@@H]3CCN(CCSc4cccc(Cl)c4)C[C@@H]3C(=O)O)c2c1. The Kier molecular flexibility index (Phi) is 8.89. The number of nitrogens with zero attached hydrogens (tertiary/aromatic N) is 2. The number of benzene rings is 2. The van der Waals surface area contributed by atoms with Gasteiger partial charge in [0.15, 0.2) is 0 Å². The number of carboxylic acids is 1. The van der Waals surface area contributed by atoms with Crippen LogP contribution in [0.1, 0.15) is 30.9 Å². The Morgan fingerprint density at radius 3 is 2.91 bits per heavy atom. The van der Waals surface area contributed by atoms with Gasteiger partial charge in [-0.3, -0.25) is 9.78 Å². The number of carbonyl (C=O) groups is 1. The summed E-state index contributed by atoms with van der Waals surface area (Å²) in [5.41, 5.74) is 1.60. The summed E-state index contributed by atoms with van der Waals surface area (Å²) in [6.07, 6.45) is 3.00. The van der Waals surface area contributed by atoms with Crippen LogP contribution in [0.3, 0.4) is 0 Å². The Balaban J connectivity index is 1.33. The fourth-order valence-corrected chi connectivity index (χ4v) is 6.06. The van der Waals surface area contributed by atoms with E-state index in [-0.39, 0.29) is 5.92 Å². The number of ether oxygens (including phenoxy) is 1. The number of aliphatic hydroxyl groups is 1. The monoisotopic (exact) mass is 514 g/mol. The summed E-state index contributed by atoms with van der Waals surface area (Å²) in [6.45, 7) is 2.25. The highest BCUT2D eigenvalue weighted by Crippen LogP contribution is 2.34. The second-order valence-corrected chi connectivity index (χ2v) is 10.6. The van der Waals surface area contributed by atoms with E-state index >= 15 is 0 Å². The number of hydrogen-bond donors (Lipinski definition) is 2. The highest BCUT2D eigenvalue weighted by atomic mass is 35.5. The van der Waals surface area contributed by atoms with Crippen molar-refractivity contribution in [1.82, 2.24) is 9.88 Å². The van der Waals surface area contributed by atoms with Crippen molar-refractivity contribution in [3.05, 3.63) is 65.3 Å². The number of halogens is 1. The van der Waals surface area contributed by atoms with E-state index in [0.717, 1.165) is 51.6 Å². The molecule has 1 aliphatic rings. The molecular weight excluding hydrogens is 484 g/mol. The summed E-state index contributed by atoms with van der Waals surface area (Å²) in [5.74, 6) is 0.457. The van der Waals surface area contributed by atoms with Crippen LogP contribution in [0.25, 0.3) is 10.9 Å². The summed E-state index contributed by atoms with van der Waals surface area (Å²) in [7, 11) is 1.61. The van der Waals surface area contributed by atoms with Crippen LogP contribution in [0.5, 0.6) is 5.75 Å². The van der Waals surface area contributed by atoms with Gasteiger partial charge in [0.05, 0.1) is 24.6 Å². The van der Waals surface area contributed by atoms with Gasteiger partial charge in [-0.15, -0.1) is 11.8 Å². The minimum Gasteiger partial charge on any atom is -0.497 e. The number of carboxylic acid groups (broad SMARTS) is 1. The molecule has 1 unspecified atom stereocenters. The lowest BCUT2D eigenvalue weighted by atomic mass is 9.81. The number of aliphatic hydroxyl groups excluding tert-OH is 1.